The van der Waals surface area contributed by atoms with Gasteiger partial charge in [-0.3, -0.25) is 19.2 Å². The molecule has 0 aliphatic heterocycles. The second-order valence-corrected chi connectivity index (χ2v) is 10.9. The summed E-state index contributed by atoms with van der Waals surface area (Å²) >= 11 is 0. The molecule has 0 bridgehead atoms. The number of nitrogens with two attached hydrogens (primary N) is 1. The molecule has 9 nitrogen and oxygen atoms in total. The van der Waals surface area contributed by atoms with E-state index in [1.165, 1.54) is 6.92 Å². The quantitative estimate of drug-likeness (QED) is 0.185. The maximum Gasteiger partial charge on any atom is 0.242 e. The van der Waals surface area contributed by atoms with Crippen LogP contribution in [-0.2, 0) is 25.6 Å². The molecule has 9 heteroatoms. The summed E-state index contributed by atoms with van der Waals surface area (Å²) in [6, 6.07) is 7.70. The second-order valence-electron chi connectivity index (χ2n) is 10.9. The van der Waals surface area contributed by atoms with Gasteiger partial charge in [0.05, 0.1) is 0 Å². The molecule has 214 valence electrons. The molecule has 0 aliphatic rings. The van der Waals surface area contributed by atoms with E-state index >= 15 is 0 Å². The molecule has 0 saturated heterocycles. The molecule has 4 amide bonds. The van der Waals surface area contributed by atoms with Crippen LogP contribution in [-0.4, -0.2) is 54.8 Å². The Kier molecular flexibility index (Phi) is 16.0. The first-order valence-electron chi connectivity index (χ1n) is 13.9. The molecular formula is C29H49N5O4. The topological polar surface area (TPSA) is 142 Å². The third-order valence-corrected chi connectivity index (χ3v) is 6.14. The average Bonchev–Trinajstić information content (AvgIpc) is 2.83. The molecule has 0 fully saturated rings. The summed E-state index contributed by atoms with van der Waals surface area (Å²) in [6.07, 6.45) is 3.80. The van der Waals surface area contributed by atoms with Gasteiger partial charge in [-0.2, -0.15) is 0 Å². The summed E-state index contributed by atoms with van der Waals surface area (Å²) in [5.41, 5.74) is 6.59. The van der Waals surface area contributed by atoms with Crippen LogP contribution in [0.5, 0.6) is 0 Å². The molecule has 0 heterocycles. The number of rotatable bonds is 18. The van der Waals surface area contributed by atoms with Crippen LogP contribution in [0.25, 0.3) is 0 Å². The van der Waals surface area contributed by atoms with Crippen molar-refractivity contribution in [3.8, 4) is 0 Å². The zero-order valence-corrected chi connectivity index (χ0v) is 23.8. The van der Waals surface area contributed by atoms with Crippen molar-refractivity contribution < 1.29 is 19.2 Å². The van der Waals surface area contributed by atoms with Gasteiger partial charge in [0.1, 0.15) is 12.1 Å². The second kappa shape index (κ2) is 18.3. The predicted octanol–water partition coefficient (Wildman–Crippen LogP) is 2.43. The fourth-order valence-electron chi connectivity index (χ4n) is 4.15. The van der Waals surface area contributed by atoms with Crippen LogP contribution in [0, 0.1) is 11.8 Å². The van der Waals surface area contributed by atoms with E-state index < -0.39 is 18.1 Å². The molecule has 1 rings (SSSR count). The highest BCUT2D eigenvalue weighted by molar-refractivity contribution is 5.89. The van der Waals surface area contributed by atoms with Gasteiger partial charge in [0, 0.05) is 32.4 Å². The first-order valence-corrected chi connectivity index (χ1v) is 13.9. The van der Waals surface area contributed by atoms with Crippen LogP contribution in [0.4, 0.5) is 0 Å². The summed E-state index contributed by atoms with van der Waals surface area (Å²) in [7, 11) is 0. The first kappa shape index (κ1) is 33.1. The Hall–Kier alpha value is -2.94. The zero-order chi connectivity index (χ0) is 28.5. The van der Waals surface area contributed by atoms with E-state index in [-0.39, 0.29) is 36.0 Å². The van der Waals surface area contributed by atoms with E-state index in [2.05, 4.69) is 35.1 Å². The monoisotopic (exact) mass is 531 g/mol. The van der Waals surface area contributed by atoms with E-state index in [0.29, 0.717) is 38.3 Å². The van der Waals surface area contributed by atoms with E-state index in [9.17, 15) is 19.2 Å². The molecule has 1 aromatic rings. The van der Waals surface area contributed by atoms with Gasteiger partial charge in [0.25, 0.3) is 0 Å². The van der Waals surface area contributed by atoms with Crippen molar-refractivity contribution in [1.29, 1.82) is 0 Å². The van der Waals surface area contributed by atoms with E-state index in [1.807, 2.05) is 44.2 Å². The lowest BCUT2D eigenvalue weighted by Crippen LogP contribution is -2.52. The Morgan fingerprint density at radius 2 is 1.50 bits per heavy atom. The van der Waals surface area contributed by atoms with Crippen LogP contribution >= 0.6 is 0 Å². The van der Waals surface area contributed by atoms with Gasteiger partial charge in [-0.05, 0) is 49.6 Å². The highest BCUT2D eigenvalue weighted by atomic mass is 16.2. The highest BCUT2D eigenvalue weighted by Crippen LogP contribution is 2.10. The third kappa shape index (κ3) is 14.7. The van der Waals surface area contributed by atoms with Crippen molar-refractivity contribution in [1.82, 2.24) is 21.3 Å². The molecule has 6 N–H and O–H groups in total. The zero-order valence-electron chi connectivity index (χ0n) is 23.8. The van der Waals surface area contributed by atoms with Gasteiger partial charge in [-0.25, -0.2) is 0 Å². The molecule has 0 aromatic heterocycles. The lowest BCUT2D eigenvalue weighted by molar-refractivity contribution is -0.131. The minimum Gasteiger partial charge on any atom is -0.354 e. The highest BCUT2D eigenvalue weighted by Gasteiger charge is 2.26. The van der Waals surface area contributed by atoms with Gasteiger partial charge in [-0.1, -0.05) is 64.4 Å². The minimum absolute atomic E-state index is 0.0232. The lowest BCUT2D eigenvalue weighted by Gasteiger charge is -2.25. The molecule has 3 atom stereocenters. The molecule has 0 saturated carbocycles. The molecule has 0 spiro atoms. The van der Waals surface area contributed by atoms with Gasteiger partial charge in [-0.15, -0.1) is 0 Å². The number of nitrogens with one attached hydrogen (secondary N) is 4. The fourth-order valence-corrected chi connectivity index (χ4v) is 4.15. The average molecular weight is 532 g/mol. The Labute approximate surface area is 228 Å². The minimum atomic E-state index is -0.731. The predicted molar refractivity (Wildman–Crippen MR) is 151 cm³/mol. The van der Waals surface area contributed by atoms with Crippen molar-refractivity contribution >= 4 is 23.6 Å². The van der Waals surface area contributed by atoms with Crippen molar-refractivity contribution in [2.75, 3.05) is 13.1 Å². The van der Waals surface area contributed by atoms with Crippen LogP contribution in [0.3, 0.4) is 0 Å². The van der Waals surface area contributed by atoms with Gasteiger partial charge >= 0.3 is 0 Å². The molecule has 1 aromatic carbocycles. The molecule has 0 radical (unpaired) electrons. The van der Waals surface area contributed by atoms with Crippen LogP contribution in [0.15, 0.2) is 30.3 Å². The van der Waals surface area contributed by atoms with Gasteiger partial charge < -0.3 is 27.0 Å². The van der Waals surface area contributed by atoms with E-state index in [4.69, 9.17) is 5.73 Å². The molecule has 38 heavy (non-hydrogen) atoms. The maximum absolute atomic E-state index is 13.1. The van der Waals surface area contributed by atoms with Crippen LogP contribution in [0.2, 0.25) is 0 Å². The maximum atomic E-state index is 13.1. The van der Waals surface area contributed by atoms with Crippen molar-refractivity contribution in [2.45, 2.75) is 97.7 Å². The SMILES string of the molecule is CC(=O)NC(CC(C)C)C(=O)NC(CCCCN)CC(=O)NC(Cc1ccccc1)C(=O)NCCC(C)C. The van der Waals surface area contributed by atoms with Crippen LogP contribution in [0.1, 0.15) is 78.7 Å². The van der Waals surface area contributed by atoms with Crippen molar-refractivity contribution in [3.63, 3.8) is 0 Å². The Morgan fingerprint density at radius 1 is 0.816 bits per heavy atom. The number of hydrogen-bond donors (Lipinski definition) is 5. The number of amides is 4. The van der Waals surface area contributed by atoms with Gasteiger partial charge in [0.2, 0.25) is 23.6 Å². The molecular weight excluding hydrogens is 482 g/mol. The van der Waals surface area contributed by atoms with Crippen LogP contribution < -0.4 is 27.0 Å². The number of carbonyl (C=O) groups is 4. The largest absolute Gasteiger partial charge is 0.354 e. The fraction of sp³-hybridized carbons (Fsp3) is 0.655. The lowest BCUT2D eigenvalue weighted by atomic mass is 10.0. The molecule has 0 aliphatic carbocycles. The summed E-state index contributed by atoms with van der Waals surface area (Å²) in [5.74, 6) is -0.490. The number of hydrogen-bond acceptors (Lipinski definition) is 5. The number of benzene rings is 1. The summed E-state index contributed by atoms with van der Waals surface area (Å²) in [6.45, 7) is 10.6. The standard InChI is InChI=1S/C29H49N5O4/c1-20(2)14-16-31-28(37)26(18-23-11-7-6-8-12-23)34-27(36)19-24(13-9-10-15-30)33-29(38)25(17-21(3)4)32-22(5)35/h6-8,11-12,20-21,24-26H,9-10,13-19,30H2,1-5H3,(H,31,37)(H,32,35)(H,33,38)(H,34,36). The number of carbonyl (C=O) groups excluding carboxylic acids is 4. The summed E-state index contributed by atoms with van der Waals surface area (Å²) < 4.78 is 0. The normalized spacial score (nSPS) is 13.5. The molecule has 3 unspecified atom stereocenters. The Morgan fingerprint density at radius 3 is 2.08 bits per heavy atom. The smallest absolute Gasteiger partial charge is 0.242 e. The van der Waals surface area contributed by atoms with Gasteiger partial charge in [0.15, 0.2) is 0 Å². The summed E-state index contributed by atoms with van der Waals surface area (Å²) in [5, 5.41) is 11.5. The van der Waals surface area contributed by atoms with E-state index in [0.717, 1.165) is 24.8 Å². The van der Waals surface area contributed by atoms with Crippen molar-refractivity contribution in [3.05, 3.63) is 35.9 Å². The van der Waals surface area contributed by atoms with E-state index in [1.54, 1.807) is 0 Å². The summed E-state index contributed by atoms with van der Waals surface area (Å²) in [4.78, 5) is 50.8. The van der Waals surface area contributed by atoms with Crippen molar-refractivity contribution in [2.24, 2.45) is 17.6 Å². The first-order chi connectivity index (χ1) is 18.0. The Balaban J connectivity index is 2.94. The third-order valence-electron chi connectivity index (χ3n) is 6.14. The number of unbranched alkanes of at least 4 members (excludes halogenated alkanes) is 1. The Bertz CT molecular complexity index is 860.